The summed E-state index contributed by atoms with van der Waals surface area (Å²) < 4.78 is 65.8. The Morgan fingerprint density at radius 1 is 0.530 bits per heavy atom. The van der Waals surface area contributed by atoms with Gasteiger partial charge in [0.15, 0.2) is 16.0 Å². The third kappa shape index (κ3) is 40.5. The molecule has 3 aromatic rings. The molecule has 1 atom stereocenters. The van der Waals surface area contributed by atoms with Crippen LogP contribution in [0.2, 0.25) is 0 Å². The van der Waals surface area contributed by atoms with Crippen molar-refractivity contribution in [1.29, 1.82) is 0 Å². The van der Waals surface area contributed by atoms with Crippen LogP contribution in [0.1, 0.15) is 60.6 Å². The fourth-order valence-corrected chi connectivity index (χ4v) is 7.93. The number of benzene rings is 2. The van der Waals surface area contributed by atoms with E-state index in [-0.39, 0.29) is 54.0 Å². The van der Waals surface area contributed by atoms with Crippen molar-refractivity contribution in [2.75, 3.05) is 175 Å². The second-order valence-electron chi connectivity index (χ2n) is 17.6. The molecule has 0 aliphatic carbocycles. The minimum absolute atomic E-state index is 0.0209. The van der Waals surface area contributed by atoms with Crippen LogP contribution in [0.5, 0.6) is 0 Å². The summed E-state index contributed by atoms with van der Waals surface area (Å²) in [6.07, 6.45) is -0.308. The standard InChI is InChI=1S/C56H83N5O20S2/c1-44(62)82-40-39-81-38-37-80-36-35-79-34-33-78-32-31-77-30-29-76-28-27-75-26-25-74-24-23-73-22-21-72-20-19-71-18-17-70-16-15-48(63)12-9-45-7-10-47(11-8-45)58-54(68)49(41-53(66)67)59-52(65)14-13-51(64)50-43-83-56(60-50)61-55(69)57-42-46-5-3-2-4-6-46/h2-8,10-11,43,49H,9,12-42H2,1H3,(H,58,68)(H,59,65)(H,66,67)(H2,57,60,61,69)/t49-/m0/s1. The molecule has 0 bridgehead atoms. The van der Waals surface area contributed by atoms with Gasteiger partial charge in [0.1, 0.15) is 17.5 Å². The summed E-state index contributed by atoms with van der Waals surface area (Å²) >= 11 is 2.29. The summed E-state index contributed by atoms with van der Waals surface area (Å²) in [7, 11) is 0. The normalized spacial score (nSPS) is 11.5. The molecule has 0 saturated heterocycles. The van der Waals surface area contributed by atoms with E-state index in [9.17, 15) is 38.7 Å². The molecule has 0 radical (unpaired) electrons. The molecule has 3 rings (SSSR count). The third-order valence-corrected chi connectivity index (χ3v) is 12.5. The zero-order chi connectivity index (χ0) is 59.6. The molecule has 1 heterocycles. The van der Waals surface area contributed by atoms with Gasteiger partial charge in [-0.1, -0.05) is 54.2 Å². The number of ketones is 2. The first kappa shape index (κ1) is 71.9. The fourth-order valence-electron chi connectivity index (χ4n) is 6.73. The molecular weight excluding hydrogens is 1130 g/mol. The summed E-state index contributed by atoms with van der Waals surface area (Å²) in [5.74, 6) is -2.58. The third-order valence-electron chi connectivity index (χ3n) is 11.0. The highest BCUT2D eigenvalue weighted by Gasteiger charge is 2.25. The van der Waals surface area contributed by atoms with Crippen molar-refractivity contribution >= 4 is 74.4 Å². The largest absolute Gasteiger partial charge is 0.481 e. The van der Waals surface area contributed by atoms with Crippen LogP contribution >= 0.6 is 23.1 Å². The Morgan fingerprint density at radius 2 is 0.988 bits per heavy atom. The number of carbonyl (C=O) groups excluding carboxylic acids is 6. The van der Waals surface area contributed by atoms with E-state index >= 15 is 0 Å². The highest BCUT2D eigenvalue weighted by Crippen LogP contribution is 2.18. The average molecular weight is 1210 g/mol. The highest BCUT2D eigenvalue weighted by molar-refractivity contribution is 8.13. The first-order valence-corrected chi connectivity index (χ1v) is 29.4. The van der Waals surface area contributed by atoms with Gasteiger partial charge >= 0.3 is 12.0 Å². The number of carboxylic acids is 1. The van der Waals surface area contributed by atoms with E-state index in [1.807, 2.05) is 30.3 Å². The van der Waals surface area contributed by atoms with E-state index < -0.39 is 42.1 Å². The summed E-state index contributed by atoms with van der Waals surface area (Å²) in [5, 5.41) is 21.4. The maximum Gasteiger partial charge on any atom is 0.321 e. The SMILES string of the molecule is CC(=O)SCCOCCOCCOCCOCCOCCOCCOCCOCCOCCOCCOCCOCCC(=O)CCc1ccc(NC(=O)[C@H](CC(=O)O)NC(=O)CCC(=O)c2csc(NC(=O)NCc3ccccc3)n2)cc1. The average Bonchev–Trinajstić information content (AvgIpc) is 4.03. The van der Waals surface area contributed by atoms with E-state index in [1.165, 1.54) is 24.1 Å². The van der Waals surface area contributed by atoms with Crippen LogP contribution in [0, 0.1) is 0 Å². The molecule has 1 aromatic heterocycles. The highest BCUT2D eigenvalue weighted by atomic mass is 32.2. The molecule has 27 heteroatoms. The topological polar surface area (TPSA) is 311 Å². The number of rotatable bonds is 54. The van der Waals surface area contributed by atoms with Crippen molar-refractivity contribution in [3.63, 3.8) is 0 Å². The van der Waals surface area contributed by atoms with Crippen molar-refractivity contribution in [3.8, 4) is 0 Å². The smallest absolute Gasteiger partial charge is 0.321 e. The number of Topliss-reactive ketones (excluding diaryl/α,β-unsaturated/α-hetero) is 2. The van der Waals surface area contributed by atoms with Crippen LogP contribution in [0.3, 0.4) is 0 Å². The Balaban J connectivity index is 1.05. The quantitative estimate of drug-likeness (QED) is 0.0386. The zero-order valence-corrected chi connectivity index (χ0v) is 49.1. The number of aromatic nitrogens is 1. The lowest BCUT2D eigenvalue weighted by atomic mass is 10.1. The number of hydrogen-bond donors (Lipinski definition) is 5. The Kier molecular flexibility index (Phi) is 42.4. The Bertz CT molecular complexity index is 2230. The van der Waals surface area contributed by atoms with E-state index in [0.29, 0.717) is 176 Å². The summed E-state index contributed by atoms with van der Waals surface area (Å²) in [6.45, 7) is 12.4. The number of thiazole rings is 1. The lowest BCUT2D eigenvalue weighted by molar-refractivity contribution is -0.139. The van der Waals surface area contributed by atoms with Crippen molar-refractivity contribution < 1.29 is 95.5 Å². The number of carboxylic acid groups (broad SMARTS) is 1. The van der Waals surface area contributed by atoms with Gasteiger partial charge in [0.05, 0.1) is 165 Å². The lowest BCUT2D eigenvalue weighted by Crippen LogP contribution is -2.45. The first-order valence-electron chi connectivity index (χ1n) is 27.5. The van der Waals surface area contributed by atoms with E-state index in [2.05, 4.69) is 26.3 Å². The number of aliphatic carboxylic acids is 1. The van der Waals surface area contributed by atoms with Crippen LogP contribution in [0.25, 0.3) is 0 Å². The maximum atomic E-state index is 13.0. The van der Waals surface area contributed by atoms with E-state index in [4.69, 9.17) is 56.8 Å². The van der Waals surface area contributed by atoms with Gasteiger partial charge in [0, 0.05) is 56.0 Å². The van der Waals surface area contributed by atoms with Crippen LogP contribution < -0.4 is 21.3 Å². The molecule has 4 amide bonds. The molecule has 5 N–H and O–H groups in total. The predicted octanol–water partition coefficient (Wildman–Crippen LogP) is 4.40. The predicted molar refractivity (Wildman–Crippen MR) is 308 cm³/mol. The van der Waals surface area contributed by atoms with E-state index in [1.54, 1.807) is 24.3 Å². The van der Waals surface area contributed by atoms with Gasteiger partial charge in [-0.15, -0.1) is 11.3 Å². The number of ether oxygens (including phenoxy) is 12. The molecule has 25 nitrogen and oxygen atoms in total. The van der Waals surface area contributed by atoms with Crippen molar-refractivity contribution in [1.82, 2.24) is 15.6 Å². The van der Waals surface area contributed by atoms with Gasteiger partial charge in [0.25, 0.3) is 0 Å². The summed E-state index contributed by atoms with van der Waals surface area (Å²) in [6, 6.07) is 14.1. The maximum absolute atomic E-state index is 13.0. The van der Waals surface area contributed by atoms with Crippen LogP contribution in [-0.2, 0) is 93.8 Å². The molecular formula is C56H83N5O20S2. The van der Waals surface area contributed by atoms with Crippen molar-refractivity contribution in [3.05, 3.63) is 76.8 Å². The minimum atomic E-state index is -1.42. The van der Waals surface area contributed by atoms with Gasteiger partial charge in [-0.3, -0.25) is 34.1 Å². The molecule has 464 valence electrons. The number of carbonyl (C=O) groups is 7. The Labute approximate surface area is 493 Å². The molecule has 83 heavy (non-hydrogen) atoms. The van der Waals surface area contributed by atoms with Crippen LogP contribution in [0.4, 0.5) is 15.6 Å². The number of thioether (sulfide) groups is 1. The molecule has 0 fully saturated rings. The minimum Gasteiger partial charge on any atom is -0.481 e. The van der Waals surface area contributed by atoms with Gasteiger partial charge in [-0.25, -0.2) is 9.78 Å². The summed E-state index contributed by atoms with van der Waals surface area (Å²) in [4.78, 5) is 89.8. The molecule has 0 aliphatic heterocycles. The molecule has 0 aliphatic rings. The second kappa shape index (κ2) is 48.9. The number of nitrogens with one attached hydrogen (secondary N) is 4. The number of amides is 4. The van der Waals surface area contributed by atoms with Gasteiger partial charge in [-0.2, -0.15) is 0 Å². The molecule has 0 unspecified atom stereocenters. The van der Waals surface area contributed by atoms with E-state index in [0.717, 1.165) is 22.5 Å². The number of hydrogen-bond acceptors (Lipinski definition) is 22. The molecule has 2 aromatic carbocycles. The van der Waals surface area contributed by atoms with Crippen molar-refractivity contribution in [2.45, 2.75) is 58.0 Å². The number of urea groups is 1. The first-order chi connectivity index (χ1) is 40.5. The number of nitrogens with zero attached hydrogens (tertiary/aromatic N) is 1. The van der Waals surface area contributed by atoms with Gasteiger partial charge < -0.3 is 77.9 Å². The number of aryl methyl sites for hydroxylation is 1. The monoisotopic (exact) mass is 1210 g/mol. The fraction of sp³-hybridized carbons (Fsp3) is 0.607. The van der Waals surface area contributed by atoms with Gasteiger partial charge in [-0.05, 0) is 29.7 Å². The summed E-state index contributed by atoms with van der Waals surface area (Å²) in [5.41, 5.74) is 2.15. The second-order valence-corrected chi connectivity index (χ2v) is 19.8. The molecule has 0 spiro atoms. The Morgan fingerprint density at radius 3 is 1.45 bits per heavy atom. The van der Waals surface area contributed by atoms with Crippen molar-refractivity contribution in [2.24, 2.45) is 0 Å². The van der Waals surface area contributed by atoms with Crippen LogP contribution in [0.15, 0.2) is 60.0 Å². The van der Waals surface area contributed by atoms with Gasteiger partial charge in [0.2, 0.25) is 11.8 Å². The number of anilines is 2. The Hall–Kier alpha value is -5.37. The van der Waals surface area contributed by atoms with Crippen LogP contribution in [-0.4, -0.2) is 221 Å². The zero-order valence-electron chi connectivity index (χ0n) is 47.4. The molecule has 0 saturated carbocycles. The lowest BCUT2D eigenvalue weighted by Gasteiger charge is -2.17.